The van der Waals surface area contributed by atoms with Crippen molar-refractivity contribution in [1.29, 1.82) is 0 Å². The van der Waals surface area contributed by atoms with Crippen molar-refractivity contribution in [3.63, 3.8) is 0 Å². The lowest BCUT2D eigenvalue weighted by Crippen LogP contribution is -2.31. The zero-order valence-corrected chi connectivity index (χ0v) is 7.59. The zero-order valence-electron chi connectivity index (χ0n) is 7.59. The van der Waals surface area contributed by atoms with E-state index < -0.39 is 0 Å². The van der Waals surface area contributed by atoms with Crippen LogP contribution >= 0.6 is 0 Å². The van der Waals surface area contributed by atoms with Gasteiger partial charge in [0, 0.05) is 12.5 Å². The SMILES string of the molecule is CNCC(C)(C)C1C=CC=C1. The average molecular weight is 151 g/mol. The van der Waals surface area contributed by atoms with Crippen molar-refractivity contribution in [1.82, 2.24) is 5.32 Å². The Hall–Kier alpha value is -0.560. The van der Waals surface area contributed by atoms with E-state index in [1.54, 1.807) is 0 Å². The smallest absolute Gasteiger partial charge is 0.00161 e. The second-order valence-electron chi connectivity index (χ2n) is 3.81. The highest BCUT2D eigenvalue weighted by molar-refractivity contribution is 5.20. The first-order valence-electron chi connectivity index (χ1n) is 4.16. The van der Waals surface area contributed by atoms with Gasteiger partial charge in [-0.25, -0.2) is 0 Å². The molecular weight excluding hydrogens is 134 g/mol. The monoisotopic (exact) mass is 151 g/mol. The molecule has 0 spiro atoms. The van der Waals surface area contributed by atoms with Crippen LogP contribution in [0.4, 0.5) is 0 Å². The van der Waals surface area contributed by atoms with E-state index in [4.69, 9.17) is 0 Å². The van der Waals surface area contributed by atoms with Gasteiger partial charge in [0.05, 0.1) is 0 Å². The van der Waals surface area contributed by atoms with Gasteiger partial charge < -0.3 is 5.32 Å². The van der Waals surface area contributed by atoms with Gasteiger partial charge in [0.25, 0.3) is 0 Å². The predicted octanol–water partition coefficient (Wildman–Crippen LogP) is 1.97. The summed E-state index contributed by atoms with van der Waals surface area (Å²) in [5.41, 5.74) is 0.345. The fourth-order valence-corrected chi connectivity index (χ4v) is 1.53. The quantitative estimate of drug-likeness (QED) is 0.650. The van der Waals surface area contributed by atoms with Gasteiger partial charge in [0.2, 0.25) is 0 Å². The Labute approximate surface area is 69.2 Å². The number of hydrogen-bond donors (Lipinski definition) is 1. The van der Waals surface area contributed by atoms with Crippen molar-refractivity contribution >= 4 is 0 Å². The highest BCUT2D eigenvalue weighted by atomic mass is 14.8. The molecule has 0 aromatic heterocycles. The van der Waals surface area contributed by atoms with Gasteiger partial charge in [0.15, 0.2) is 0 Å². The summed E-state index contributed by atoms with van der Waals surface area (Å²) in [6.07, 6.45) is 8.78. The van der Waals surface area contributed by atoms with E-state index in [0.717, 1.165) is 6.54 Å². The lowest BCUT2D eigenvalue weighted by atomic mass is 9.80. The molecule has 0 aliphatic heterocycles. The van der Waals surface area contributed by atoms with E-state index in [1.165, 1.54) is 0 Å². The van der Waals surface area contributed by atoms with Crippen LogP contribution in [0, 0.1) is 11.3 Å². The van der Waals surface area contributed by atoms with Crippen molar-refractivity contribution in [2.45, 2.75) is 13.8 Å². The summed E-state index contributed by atoms with van der Waals surface area (Å²) in [7, 11) is 2.00. The molecule has 62 valence electrons. The van der Waals surface area contributed by atoms with E-state index in [9.17, 15) is 0 Å². The maximum atomic E-state index is 3.22. The van der Waals surface area contributed by atoms with E-state index in [2.05, 4.69) is 43.5 Å². The first kappa shape index (κ1) is 8.54. The van der Waals surface area contributed by atoms with Gasteiger partial charge in [0.1, 0.15) is 0 Å². The first-order valence-corrected chi connectivity index (χ1v) is 4.16. The highest BCUT2D eigenvalue weighted by Gasteiger charge is 2.25. The fraction of sp³-hybridized carbons (Fsp3) is 0.600. The summed E-state index contributed by atoms with van der Waals surface area (Å²) >= 11 is 0. The van der Waals surface area contributed by atoms with Gasteiger partial charge in [-0.05, 0) is 12.5 Å². The Bertz CT molecular complexity index is 165. The molecule has 1 heteroatoms. The predicted molar refractivity (Wildman–Crippen MR) is 49.5 cm³/mol. The maximum absolute atomic E-state index is 3.22. The van der Waals surface area contributed by atoms with Gasteiger partial charge >= 0.3 is 0 Å². The first-order chi connectivity index (χ1) is 5.17. The van der Waals surface area contributed by atoms with Crippen LogP contribution < -0.4 is 5.32 Å². The lowest BCUT2D eigenvalue weighted by Gasteiger charge is -2.28. The number of allylic oxidation sites excluding steroid dienone is 4. The minimum Gasteiger partial charge on any atom is -0.319 e. The van der Waals surface area contributed by atoms with Crippen LogP contribution in [0.2, 0.25) is 0 Å². The second kappa shape index (κ2) is 3.22. The molecule has 0 radical (unpaired) electrons. The van der Waals surface area contributed by atoms with Crippen LogP contribution in [-0.2, 0) is 0 Å². The molecule has 1 aliphatic rings. The molecule has 1 nitrogen and oxygen atoms in total. The molecule has 0 bridgehead atoms. The van der Waals surface area contributed by atoms with Gasteiger partial charge in [-0.1, -0.05) is 38.2 Å². The summed E-state index contributed by atoms with van der Waals surface area (Å²) in [5, 5.41) is 3.22. The molecule has 0 unspecified atom stereocenters. The van der Waals surface area contributed by atoms with Gasteiger partial charge in [-0.15, -0.1) is 0 Å². The Morgan fingerprint density at radius 3 is 2.27 bits per heavy atom. The molecule has 0 fully saturated rings. The van der Waals surface area contributed by atoms with Crippen LogP contribution in [0.15, 0.2) is 24.3 Å². The maximum Gasteiger partial charge on any atom is 0.00161 e. The topological polar surface area (TPSA) is 12.0 Å². The van der Waals surface area contributed by atoms with Gasteiger partial charge in [-0.3, -0.25) is 0 Å². The minimum absolute atomic E-state index is 0.345. The van der Waals surface area contributed by atoms with Crippen LogP contribution in [0.3, 0.4) is 0 Å². The Morgan fingerprint density at radius 2 is 1.82 bits per heavy atom. The Balaban J connectivity index is 2.56. The summed E-state index contributed by atoms with van der Waals surface area (Å²) in [5.74, 6) is 0.606. The molecule has 0 aromatic rings. The van der Waals surface area contributed by atoms with Crippen molar-refractivity contribution in [3.8, 4) is 0 Å². The number of rotatable bonds is 3. The van der Waals surface area contributed by atoms with E-state index in [1.807, 2.05) is 7.05 Å². The van der Waals surface area contributed by atoms with Gasteiger partial charge in [-0.2, -0.15) is 0 Å². The molecule has 0 atom stereocenters. The van der Waals surface area contributed by atoms with Crippen molar-refractivity contribution in [2.24, 2.45) is 11.3 Å². The number of nitrogens with one attached hydrogen (secondary N) is 1. The van der Waals surface area contributed by atoms with Crippen LogP contribution in [0.5, 0.6) is 0 Å². The van der Waals surface area contributed by atoms with Crippen LogP contribution in [-0.4, -0.2) is 13.6 Å². The van der Waals surface area contributed by atoms with Crippen molar-refractivity contribution < 1.29 is 0 Å². The standard InChI is InChI=1S/C10H17N/c1-10(2,8-11-3)9-6-4-5-7-9/h4-7,9,11H,8H2,1-3H3. The zero-order chi connectivity index (χ0) is 8.32. The highest BCUT2D eigenvalue weighted by Crippen LogP contribution is 2.30. The Kier molecular flexibility index (Phi) is 2.50. The minimum atomic E-state index is 0.345. The summed E-state index contributed by atoms with van der Waals surface area (Å²) in [6, 6.07) is 0. The van der Waals surface area contributed by atoms with Crippen molar-refractivity contribution in [2.75, 3.05) is 13.6 Å². The molecule has 0 heterocycles. The summed E-state index contributed by atoms with van der Waals surface area (Å²) in [6.45, 7) is 5.63. The third-order valence-corrected chi connectivity index (χ3v) is 2.28. The normalized spacial score (nSPS) is 18.1. The summed E-state index contributed by atoms with van der Waals surface area (Å²) < 4.78 is 0. The number of hydrogen-bond acceptors (Lipinski definition) is 1. The molecule has 11 heavy (non-hydrogen) atoms. The molecule has 1 rings (SSSR count). The fourth-order valence-electron chi connectivity index (χ4n) is 1.53. The van der Waals surface area contributed by atoms with Crippen molar-refractivity contribution in [3.05, 3.63) is 24.3 Å². The second-order valence-corrected chi connectivity index (χ2v) is 3.81. The Morgan fingerprint density at radius 1 is 1.27 bits per heavy atom. The van der Waals surface area contributed by atoms with E-state index >= 15 is 0 Å². The third kappa shape index (κ3) is 1.93. The average Bonchev–Trinajstić information content (AvgIpc) is 2.37. The van der Waals surface area contributed by atoms with E-state index in [0.29, 0.717) is 11.3 Å². The van der Waals surface area contributed by atoms with E-state index in [-0.39, 0.29) is 0 Å². The lowest BCUT2D eigenvalue weighted by molar-refractivity contribution is 0.296. The van der Waals surface area contributed by atoms with Crippen LogP contribution in [0.25, 0.3) is 0 Å². The molecule has 0 saturated heterocycles. The molecule has 1 aliphatic carbocycles. The molecule has 1 N–H and O–H groups in total. The molecular formula is C10H17N. The molecule has 0 saturated carbocycles. The summed E-state index contributed by atoms with van der Waals surface area (Å²) in [4.78, 5) is 0. The largest absolute Gasteiger partial charge is 0.319 e. The molecule has 0 amide bonds. The molecule has 0 aromatic carbocycles. The third-order valence-electron chi connectivity index (χ3n) is 2.28. The van der Waals surface area contributed by atoms with Crippen LogP contribution in [0.1, 0.15) is 13.8 Å².